The van der Waals surface area contributed by atoms with E-state index in [4.69, 9.17) is 19.3 Å². The molecule has 1 aromatic carbocycles. The average molecular weight is 270 g/mol. The van der Waals surface area contributed by atoms with Crippen LogP contribution in [0, 0.1) is 0 Å². The van der Waals surface area contributed by atoms with Gasteiger partial charge in [-0.15, -0.1) is 0 Å². The van der Waals surface area contributed by atoms with Crippen LogP contribution < -0.4 is 9.47 Å². The summed E-state index contributed by atoms with van der Waals surface area (Å²) in [4.78, 5) is 11.1. The molecule has 6 nitrogen and oxygen atoms in total. The molecule has 19 heavy (non-hydrogen) atoms. The van der Waals surface area contributed by atoms with Gasteiger partial charge in [0, 0.05) is 6.61 Å². The number of hydrogen-bond donors (Lipinski definition) is 2. The molecule has 0 aliphatic rings. The van der Waals surface area contributed by atoms with Gasteiger partial charge in [0.25, 0.3) is 0 Å². The van der Waals surface area contributed by atoms with Crippen molar-refractivity contribution in [3.8, 4) is 11.5 Å². The molecule has 0 amide bonds. The van der Waals surface area contributed by atoms with Crippen LogP contribution in [0.1, 0.15) is 17.3 Å². The minimum Gasteiger partial charge on any atom is -0.497 e. The van der Waals surface area contributed by atoms with Crippen molar-refractivity contribution in [2.75, 3.05) is 26.9 Å². The molecule has 0 heterocycles. The SMILES string of the molecule is CCOCC(O)COc1ccc(OC)cc1C(=O)O. The summed E-state index contributed by atoms with van der Waals surface area (Å²) in [5.41, 5.74) is -0.0111. The van der Waals surface area contributed by atoms with E-state index in [1.807, 2.05) is 6.92 Å². The van der Waals surface area contributed by atoms with Gasteiger partial charge in [-0.3, -0.25) is 0 Å². The second kappa shape index (κ2) is 7.60. The van der Waals surface area contributed by atoms with Gasteiger partial charge in [0.15, 0.2) is 0 Å². The summed E-state index contributed by atoms with van der Waals surface area (Å²) in [5, 5.41) is 18.6. The van der Waals surface area contributed by atoms with E-state index in [-0.39, 0.29) is 24.5 Å². The number of carboxylic acid groups (broad SMARTS) is 1. The maximum Gasteiger partial charge on any atom is 0.339 e. The fourth-order valence-corrected chi connectivity index (χ4v) is 1.42. The zero-order valence-electron chi connectivity index (χ0n) is 11.0. The Kier molecular flexibility index (Phi) is 6.11. The lowest BCUT2D eigenvalue weighted by atomic mass is 10.2. The normalized spacial score (nSPS) is 11.9. The van der Waals surface area contributed by atoms with Crippen molar-refractivity contribution in [3.05, 3.63) is 23.8 Å². The lowest BCUT2D eigenvalue weighted by Gasteiger charge is -2.14. The molecule has 0 aliphatic carbocycles. The number of methoxy groups -OCH3 is 1. The van der Waals surface area contributed by atoms with Crippen LogP contribution in [0.15, 0.2) is 18.2 Å². The van der Waals surface area contributed by atoms with Crippen LogP contribution >= 0.6 is 0 Å². The first-order valence-corrected chi connectivity index (χ1v) is 5.88. The Morgan fingerprint density at radius 2 is 2.11 bits per heavy atom. The second-order valence-electron chi connectivity index (χ2n) is 3.79. The molecule has 106 valence electrons. The predicted molar refractivity (Wildman–Crippen MR) is 67.9 cm³/mol. The number of aliphatic hydroxyl groups excluding tert-OH is 1. The first-order chi connectivity index (χ1) is 9.08. The van der Waals surface area contributed by atoms with Crippen molar-refractivity contribution in [2.24, 2.45) is 0 Å². The number of aliphatic hydroxyl groups is 1. The summed E-state index contributed by atoms with van der Waals surface area (Å²) in [7, 11) is 1.45. The topological polar surface area (TPSA) is 85.2 Å². The molecular formula is C13H18O6. The van der Waals surface area contributed by atoms with Crippen LogP contribution in [0.2, 0.25) is 0 Å². The highest BCUT2D eigenvalue weighted by Gasteiger charge is 2.14. The third-order valence-corrected chi connectivity index (χ3v) is 2.36. The van der Waals surface area contributed by atoms with Crippen LogP contribution in [-0.2, 0) is 4.74 Å². The van der Waals surface area contributed by atoms with Crippen molar-refractivity contribution < 1.29 is 29.2 Å². The number of ether oxygens (including phenoxy) is 3. The molecule has 0 saturated heterocycles. The second-order valence-corrected chi connectivity index (χ2v) is 3.79. The van der Waals surface area contributed by atoms with Crippen LogP contribution in [0.5, 0.6) is 11.5 Å². The average Bonchev–Trinajstić information content (AvgIpc) is 2.42. The Morgan fingerprint density at radius 1 is 1.37 bits per heavy atom. The lowest BCUT2D eigenvalue weighted by Crippen LogP contribution is -2.24. The maximum absolute atomic E-state index is 11.1. The minimum absolute atomic E-state index is 0.0111. The number of benzene rings is 1. The van der Waals surface area contributed by atoms with Gasteiger partial charge in [0.1, 0.15) is 29.8 Å². The van der Waals surface area contributed by atoms with Crippen LogP contribution in [0.4, 0.5) is 0 Å². The highest BCUT2D eigenvalue weighted by atomic mass is 16.5. The van der Waals surface area contributed by atoms with E-state index in [9.17, 15) is 9.90 Å². The predicted octanol–water partition coefficient (Wildman–Crippen LogP) is 1.17. The maximum atomic E-state index is 11.1. The van der Waals surface area contributed by atoms with Gasteiger partial charge in [0.05, 0.1) is 13.7 Å². The van der Waals surface area contributed by atoms with E-state index in [0.29, 0.717) is 12.4 Å². The minimum atomic E-state index is -1.12. The summed E-state index contributed by atoms with van der Waals surface area (Å²) < 4.78 is 15.3. The standard InChI is InChI=1S/C13H18O6/c1-3-18-7-9(14)8-19-12-5-4-10(17-2)6-11(12)13(15)16/h4-6,9,14H,3,7-8H2,1-2H3,(H,15,16). The quantitative estimate of drug-likeness (QED) is 0.737. The highest BCUT2D eigenvalue weighted by Crippen LogP contribution is 2.24. The molecule has 6 heteroatoms. The Balaban J connectivity index is 2.69. The largest absolute Gasteiger partial charge is 0.497 e. The monoisotopic (exact) mass is 270 g/mol. The molecule has 0 radical (unpaired) electrons. The van der Waals surface area contributed by atoms with Crippen molar-refractivity contribution in [2.45, 2.75) is 13.0 Å². The third kappa shape index (κ3) is 4.76. The summed E-state index contributed by atoms with van der Waals surface area (Å²) in [5.74, 6) is -0.503. The smallest absolute Gasteiger partial charge is 0.339 e. The van der Waals surface area contributed by atoms with Gasteiger partial charge in [-0.1, -0.05) is 0 Å². The molecule has 0 fully saturated rings. The number of aromatic carboxylic acids is 1. The molecule has 0 spiro atoms. The zero-order chi connectivity index (χ0) is 14.3. The Morgan fingerprint density at radius 3 is 2.68 bits per heavy atom. The van der Waals surface area contributed by atoms with Gasteiger partial charge < -0.3 is 24.4 Å². The molecule has 1 rings (SSSR count). The Bertz CT molecular complexity index is 418. The number of hydrogen-bond acceptors (Lipinski definition) is 5. The molecule has 2 N–H and O–H groups in total. The summed E-state index contributed by atoms with van der Waals surface area (Å²) in [6.07, 6.45) is -0.802. The molecule has 0 aromatic heterocycles. The van der Waals surface area contributed by atoms with Gasteiger partial charge in [-0.05, 0) is 25.1 Å². The lowest BCUT2D eigenvalue weighted by molar-refractivity contribution is 0.0160. The first-order valence-electron chi connectivity index (χ1n) is 5.88. The molecule has 0 aliphatic heterocycles. The van der Waals surface area contributed by atoms with E-state index >= 15 is 0 Å². The van der Waals surface area contributed by atoms with Gasteiger partial charge in [-0.25, -0.2) is 4.79 Å². The molecule has 0 bridgehead atoms. The van der Waals surface area contributed by atoms with Crippen LogP contribution in [0.3, 0.4) is 0 Å². The van der Waals surface area contributed by atoms with Gasteiger partial charge in [0.2, 0.25) is 0 Å². The van der Waals surface area contributed by atoms with Crippen LogP contribution in [0.25, 0.3) is 0 Å². The number of carbonyl (C=O) groups is 1. The Hall–Kier alpha value is -1.79. The summed E-state index contributed by atoms with van der Waals surface area (Å²) >= 11 is 0. The van der Waals surface area contributed by atoms with Crippen molar-refractivity contribution in [3.63, 3.8) is 0 Å². The molecule has 1 unspecified atom stereocenters. The van der Waals surface area contributed by atoms with Gasteiger partial charge >= 0.3 is 5.97 Å². The summed E-state index contributed by atoms with van der Waals surface area (Å²) in [6, 6.07) is 4.46. The van der Waals surface area contributed by atoms with E-state index in [1.165, 1.54) is 19.2 Å². The van der Waals surface area contributed by atoms with Gasteiger partial charge in [-0.2, -0.15) is 0 Å². The van der Waals surface area contributed by atoms with Crippen LogP contribution in [-0.4, -0.2) is 49.2 Å². The fraction of sp³-hybridized carbons (Fsp3) is 0.462. The number of carboxylic acids is 1. The fourth-order valence-electron chi connectivity index (χ4n) is 1.42. The van der Waals surface area contributed by atoms with E-state index in [0.717, 1.165) is 0 Å². The Labute approximate surface area is 111 Å². The highest BCUT2D eigenvalue weighted by molar-refractivity contribution is 5.91. The third-order valence-electron chi connectivity index (χ3n) is 2.36. The van der Waals surface area contributed by atoms with Crippen molar-refractivity contribution in [1.82, 2.24) is 0 Å². The molecular weight excluding hydrogens is 252 g/mol. The molecule has 0 saturated carbocycles. The van der Waals surface area contributed by atoms with E-state index < -0.39 is 12.1 Å². The molecule has 1 atom stereocenters. The van der Waals surface area contributed by atoms with E-state index in [2.05, 4.69) is 0 Å². The van der Waals surface area contributed by atoms with Crippen molar-refractivity contribution >= 4 is 5.97 Å². The first kappa shape index (κ1) is 15.3. The van der Waals surface area contributed by atoms with E-state index in [1.54, 1.807) is 6.07 Å². The summed E-state index contributed by atoms with van der Waals surface area (Å²) in [6.45, 7) is 2.43. The zero-order valence-corrected chi connectivity index (χ0v) is 11.0. The number of rotatable bonds is 8. The van der Waals surface area contributed by atoms with Crippen molar-refractivity contribution in [1.29, 1.82) is 0 Å². The molecule has 1 aromatic rings.